The molecule has 8 heteroatoms. The third kappa shape index (κ3) is 4.07. The first-order valence-electron chi connectivity index (χ1n) is 6.83. The number of para-hydroxylation sites is 2. The van der Waals surface area contributed by atoms with Crippen molar-refractivity contribution in [2.24, 2.45) is 0 Å². The van der Waals surface area contributed by atoms with Gasteiger partial charge in [-0.05, 0) is 37.3 Å². The van der Waals surface area contributed by atoms with Crippen molar-refractivity contribution < 1.29 is 29.1 Å². The van der Waals surface area contributed by atoms with Crippen molar-refractivity contribution in [1.29, 1.82) is 0 Å². The zero-order valence-corrected chi connectivity index (χ0v) is 12.5. The number of ether oxygens (including phenoxy) is 2. The number of esters is 1. The van der Waals surface area contributed by atoms with Crippen LogP contribution in [0.3, 0.4) is 0 Å². The minimum absolute atomic E-state index is 0.0480. The van der Waals surface area contributed by atoms with Crippen LogP contribution in [-0.2, 0) is 4.79 Å². The number of rotatable bonds is 6. The summed E-state index contributed by atoms with van der Waals surface area (Å²) in [5.74, 6) is -1.77. The molecule has 0 saturated heterocycles. The summed E-state index contributed by atoms with van der Waals surface area (Å²) in [6.45, 7) is 1.39. The topological polar surface area (TPSA) is 116 Å². The molecule has 24 heavy (non-hydrogen) atoms. The Kier molecular flexibility index (Phi) is 5.10. The molecule has 0 aliphatic heterocycles. The summed E-state index contributed by atoms with van der Waals surface area (Å²) in [5.41, 5.74) is -0.207. The molecule has 1 atom stereocenters. The fourth-order valence-corrected chi connectivity index (χ4v) is 1.81. The number of hydrogen-bond acceptors (Lipinski definition) is 6. The first kappa shape index (κ1) is 16.9. The van der Waals surface area contributed by atoms with Crippen LogP contribution in [0.1, 0.15) is 17.3 Å². The van der Waals surface area contributed by atoms with Gasteiger partial charge in [0.2, 0.25) is 0 Å². The van der Waals surface area contributed by atoms with Crippen LogP contribution in [0.25, 0.3) is 0 Å². The molecule has 2 aromatic rings. The average molecular weight is 331 g/mol. The summed E-state index contributed by atoms with van der Waals surface area (Å²) in [4.78, 5) is 33.0. The van der Waals surface area contributed by atoms with Gasteiger partial charge in [-0.3, -0.25) is 10.1 Å². The van der Waals surface area contributed by atoms with E-state index in [-0.39, 0.29) is 22.7 Å². The maximum Gasteiger partial charge on any atom is 0.352 e. The smallest absolute Gasteiger partial charge is 0.352 e. The Morgan fingerprint density at radius 2 is 1.75 bits per heavy atom. The Morgan fingerprint density at radius 3 is 2.33 bits per heavy atom. The first-order valence-corrected chi connectivity index (χ1v) is 6.83. The van der Waals surface area contributed by atoms with Crippen molar-refractivity contribution in [3.05, 3.63) is 64.2 Å². The summed E-state index contributed by atoms with van der Waals surface area (Å²) >= 11 is 0. The van der Waals surface area contributed by atoms with Gasteiger partial charge in [-0.1, -0.05) is 12.1 Å². The highest BCUT2D eigenvalue weighted by Crippen LogP contribution is 2.27. The SMILES string of the molecule is CC(Oc1ccccc1[N+](=O)[O-])C(=O)Oc1ccc(C(=O)O)cc1. The normalized spacial score (nSPS) is 11.4. The van der Waals surface area contributed by atoms with E-state index in [9.17, 15) is 19.7 Å². The lowest BCUT2D eigenvalue weighted by Crippen LogP contribution is -2.28. The Morgan fingerprint density at radius 1 is 1.12 bits per heavy atom. The maximum absolute atomic E-state index is 12.0. The van der Waals surface area contributed by atoms with Crippen LogP contribution < -0.4 is 9.47 Å². The van der Waals surface area contributed by atoms with Gasteiger partial charge in [0.1, 0.15) is 5.75 Å². The Hall–Kier alpha value is -3.42. The van der Waals surface area contributed by atoms with E-state index in [0.29, 0.717) is 0 Å². The zero-order chi connectivity index (χ0) is 17.7. The largest absolute Gasteiger partial charge is 0.478 e. The first-order chi connectivity index (χ1) is 11.4. The average Bonchev–Trinajstić information content (AvgIpc) is 2.55. The second kappa shape index (κ2) is 7.23. The minimum atomic E-state index is -1.10. The number of nitrogens with zero attached hydrogens (tertiary/aromatic N) is 1. The third-order valence-electron chi connectivity index (χ3n) is 3.02. The molecule has 0 bridgehead atoms. The Bertz CT molecular complexity index is 770. The second-order valence-corrected chi connectivity index (χ2v) is 4.74. The molecular weight excluding hydrogens is 318 g/mol. The molecule has 0 fully saturated rings. The molecule has 0 heterocycles. The molecule has 0 spiro atoms. The summed E-state index contributed by atoms with van der Waals surface area (Å²) in [6, 6.07) is 10.9. The van der Waals surface area contributed by atoms with Gasteiger partial charge in [0.15, 0.2) is 11.9 Å². The fourth-order valence-electron chi connectivity index (χ4n) is 1.81. The van der Waals surface area contributed by atoms with Crippen LogP contribution in [0.5, 0.6) is 11.5 Å². The highest BCUT2D eigenvalue weighted by atomic mass is 16.6. The van der Waals surface area contributed by atoms with Crippen LogP contribution in [0.4, 0.5) is 5.69 Å². The number of aromatic carboxylic acids is 1. The lowest BCUT2D eigenvalue weighted by molar-refractivity contribution is -0.386. The predicted molar refractivity (Wildman–Crippen MR) is 82.2 cm³/mol. The van der Waals surface area contributed by atoms with Crippen LogP contribution in [0.2, 0.25) is 0 Å². The van der Waals surface area contributed by atoms with Crippen molar-refractivity contribution in [3.63, 3.8) is 0 Å². The molecule has 124 valence electrons. The van der Waals surface area contributed by atoms with E-state index in [1.807, 2.05) is 0 Å². The van der Waals surface area contributed by atoms with E-state index in [1.54, 1.807) is 6.07 Å². The Balaban J connectivity index is 2.05. The number of carbonyl (C=O) groups is 2. The van der Waals surface area contributed by atoms with E-state index in [1.165, 1.54) is 49.4 Å². The molecule has 1 unspecified atom stereocenters. The minimum Gasteiger partial charge on any atom is -0.478 e. The molecule has 2 rings (SSSR count). The number of nitro groups is 1. The summed E-state index contributed by atoms with van der Waals surface area (Å²) in [6.07, 6.45) is -1.09. The predicted octanol–water partition coefficient (Wildman–Crippen LogP) is 2.67. The van der Waals surface area contributed by atoms with E-state index in [0.717, 1.165) is 0 Å². The van der Waals surface area contributed by atoms with Crippen molar-refractivity contribution in [1.82, 2.24) is 0 Å². The van der Waals surface area contributed by atoms with Crippen molar-refractivity contribution in [2.45, 2.75) is 13.0 Å². The molecule has 0 saturated carbocycles. The lowest BCUT2D eigenvalue weighted by Gasteiger charge is -2.13. The monoisotopic (exact) mass is 331 g/mol. The van der Waals surface area contributed by atoms with Gasteiger partial charge in [0.05, 0.1) is 10.5 Å². The van der Waals surface area contributed by atoms with Gasteiger partial charge in [0.25, 0.3) is 0 Å². The van der Waals surface area contributed by atoms with Gasteiger partial charge in [-0.15, -0.1) is 0 Å². The molecule has 8 nitrogen and oxygen atoms in total. The van der Waals surface area contributed by atoms with Crippen molar-refractivity contribution in [2.75, 3.05) is 0 Å². The van der Waals surface area contributed by atoms with Crippen LogP contribution in [-0.4, -0.2) is 28.1 Å². The van der Waals surface area contributed by atoms with Gasteiger partial charge < -0.3 is 14.6 Å². The van der Waals surface area contributed by atoms with Gasteiger partial charge in [-0.25, -0.2) is 9.59 Å². The number of carbonyl (C=O) groups excluding carboxylic acids is 1. The zero-order valence-electron chi connectivity index (χ0n) is 12.5. The van der Waals surface area contributed by atoms with E-state index in [4.69, 9.17) is 14.6 Å². The van der Waals surface area contributed by atoms with Gasteiger partial charge >= 0.3 is 17.6 Å². The fraction of sp³-hybridized carbons (Fsp3) is 0.125. The van der Waals surface area contributed by atoms with Crippen LogP contribution in [0, 0.1) is 10.1 Å². The number of carboxylic acids is 1. The van der Waals surface area contributed by atoms with Crippen molar-refractivity contribution >= 4 is 17.6 Å². The highest BCUT2D eigenvalue weighted by molar-refractivity contribution is 5.87. The Labute approximate surface area is 136 Å². The number of benzene rings is 2. The maximum atomic E-state index is 12.0. The quantitative estimate of drug-likeness (QED) is 0.374. The number of nitro benzene ring substituents is 1. The molecule has 0 radical (unpaired) electrons. The number of carboxylic acid groups (broad SMARTS) is 1. The molecule has 2 aromatic carbocycles. The summed E-state index contributed by atoms with van der Waals surface area (Å²) < 4.78 is 10.3. The van der Waals surface area contributed by atoms with Gasteiger partial charge in [-0.2, -0.15) is 0 Å². The molecule has 0 aliphatic carbocycles. The van der Waals surface area contributed by atoms with Gasteiger partial charge in [0, 0.05) is 6.07 Å². The summed E-state index contributed by atoms with van der Waals surface area (Å²) in [5, 5.41) is 19.7. The number of hydrogen-bond donors (Lipinski definition) is 1. The highest BCUT2D eigenvalue weighted by Gasteiger charge is 2.22. The van der Waals surface area contributed by atoms with E-state index < -0.39 is 23.0 Å². The van der Waals surface area contributed by atoms with E-state index in [2.05, 4.69) is 0 Å². The summed E-state index contributed by atoms with van der Waals surface area (Å²) in [7, 11) is 0. The standard InChI is InChI=1S/C16H13NO7/c1-10(23-14-5-3-2-4-13(14)17(21)22)16(20)24-12-8-6-11(7-9-12)15(18)19/h2-10H,1H3,(H,18,19). The van der Waals surface area contributed by atoms with Crippen LogP contribution in [0.15, 0.2) is 48.5 Å². The molecule has 0 aromatic heterocycles. The third-order valence-corrected chi connectivity index (χ3v) is 3.02. The lowest BCUT2D eigenvalue weighted by atomic mass is 10.2. The molecule has 0 amide bonds. The van der Waals surface area contributed by atoms with Crippen LogP contribution >= 0.6 is 0 Å². The molecule has 1 N–H and O–H groups in total. The molecular formula is C16H13NO7. The van der Waals surface area contributed by atoms with Crippen molar-refractivity contribution in [3.8, 4) is 11.5 Å². The second-order valence-electron chi connectivity index (χ2n) is 4.74. The van der Waals surface area contributed by atoms with E-state index >= 15 is 0 Å². The molecule has 0 aliphatic rings.